The van der Waals surface area contributed by atoms with Crippen molar-refractivity contribution in [1.82, 2.24) is 0 Å². The summed E-state index contributed by atoms with van der Waals surface area (Å²) in [5.74, 6) is -2.41. The molecule has 0 saturated heterocycles. The molecule has 0 spiro atoms. The van der Waals surface area contributed by atoms with Crippen LogP contribution < -0.4 is 0 Å². The standard InChI is InChI=1S/C6H8O4.C4H10N2O.Pt/c7-4(8)6(5(9)10)2-1-3-6;1-7-4(2-5)3-6;/h1-3H2,(H,7,8)(H,9,10);4-6H,2-3H2,1H3;/q;-2;+2. The second-order valence-electron chi connectivity index (χ2n) is 3.81. The minimum absolute atomic E-state index is 0. The van der Waals surface area contributed by atoms with Crippen LogP contribution in [0, 0.1) is 5.41 Å². The van der Waals surface area contributed by atoms with Gasteiger partial charge in [0.1, 0.15) is 0 Å². The van der Waals surface area contributed by atoms with Crippen LogP contribution in [0.25, 0.3) is 11.5 Å². The first-order valence-corrected chi connectivity index (χ1v) is 5.23. The van der Waals surface area contributed by atoms with Gasteiger partial charge < -0.3 is 26.4 Å². The first kappa shape index (κ1) is 19.8. The van der Waals surface area contributed by atoms with Gasteiger partial charge in [0.05, 0.1) is 0 Å². The minimum Gasteiger partial charge on any atom is -0.675 e. The number of hydrogen-bond acceptors (Lipinski definition) is 3. The molecule has 0 bridgehead atoms. The number of methoxy groups -OCH3 is 1. The largest absolute Gasteiger partial charge is 2.00 e. The Morgan fingerprint density at radius 1 is 1.22 bits per heavy atom. The number of ether oxygens (including phenoxy) is 1. The minimum atomic E-state index is -1.44. The molecule has 0 heterocycles. The molecule has 18 heavy (non-hydrogen) atoms. The zero-order valence-corrected chi connectivity index (χ0v) is 12.3. The van der Waals surface area contributed by atoms with Crippen LogP contribution in [0.4, 0.5) is 0 Å². The monoisotopic (exact) mass is 441 g/mol. The van der Waals surface area contributed by atoms with E-state index in [2.05, 4.69) is 4.74 Å². The van der Waals surface area contributed by atoms with Gasteiger partial charge in [-0.1, -0.05) is 0 Å². The second-order valence-corrected chi connectivity index (χ2v) is 3.81. The van der Waals surface area contributed by atoms with Gasteiger partial charge in [-0.2, -0.15) is 0 Å². The molecule has 0 amide bonds. The van der Waals surface area contributed by atoms with Crippen LogP contribution in [0.3, 0.4) is 0 Å². The number of carboxylic acids is 2. The van der Waals surface area contributed by atoms with Crippen molar-refractivity contribution in [3.8, 4) is 0 Å². The van der Waals surface area contributed by atoms with E-state index in [0.29, 0.717) is 6.42 Å². The third-order valence-corrected chi connectivity index (χ3v) is 2.81. The van der Waals surface area contributed by atoms with Gasteiger partial charge in [-0.05, 0) is 19.3 Å². The summed E-state index contributed by atoms with van der Waals surface area (Å²) in [6, 6.07) is 0. The summed E-state index contributed by atoms with van der Waals surface area (Å²) in [6.07, 6.45) is 1.08. The van der Waals surface area contributed by atoms with Crippen molar-refractivity contribution in [1.29, 1.82) is 0 Å². The maximum absolute atomic E-state index is 10.4. The van der Waals surface area contributed by atoms with Crippen LogP contribution in [-0.2, 0) is 35.4 Å². The third-order valence-electron chi connectivity index (χ3n) is 2.81. The molecule has 0 aromatic rings. The van der Waals surface area contributed by atoms with Crippen LogP contribution in [-0.4, -0.2) is 48.5 Å². The van der Waals surface area contributed by atoms with Gasteiger partial charge in [0, 0.05) is 13.2 Å². The van der Waals surface area contributed by atoms with E-state index in [4.69, 9.17) is 21.7 Å². The average molecular weight is 441 g/mol. The van der Waals surface area contributed by atoms with E-state index in [1.54, 1.807) is 0 Å². The molecule has 4 N–H and O–H groups in total. The Bertz CT molecular complexity index is 245. The molecule has 1 aliphatic rings. The smallest absolute Gasteiger partial charge is 0.675 e. The molecule has 0 unspecified atom stereocenters. The van der Waals surface area contributed by atoms with E-state index in [9.17, 15) is 9.59 Å². The molecule has 1 rings (SSSR count). The van der Waals surface area contributed by atoms with E-state index in [1.165, 1.54) is 7.11 Å². The molecule has 0 atom stereocenters. The Labute approximate surface area is 120 Å². The van der Waals surface area contributed by atoms with Gasteiger partial charge in [0.25, 0.3) is 0 Å². The fourth-order valence-corrected chi connectivity index (χ4v) is 1.29. The fraction of sp³-hybridized carbons (Fsp3) is 0.800. The molecule has 108 valence electrons. The van der Waals surface area contributed by atoms with Crippen molar-refractivity contribution in [3.05, 3.63) is 11.5 Å². The van der Waals surface area contributed by atoms with Gasteiger partial charge in [0.15, 0.2) is 5.41 Å². The molecule has 1 fully saturated rings. The Balaban J connectivity index is 0. The second kappa shape index (κ2) is 9.44. The molecule has 8 heteroatoms. The molecule has 7 nitrogen and oxygen atoms in total. The van der Waals surface area contributed by atoms with Crippen LogP contribution in [0.1, 0.15) is 19.3 Å². The number of carboxylic acid groups (broad SMARTS) is 2. The van der Waals surface area contributed by atoms with Crippen LogP contribution in [0.5, 0.6) is 0 Å². The predicted molar refractivity (Wildman–Crippen MR) is 60.7 cm³/mol. The summed E-state index contributed by atoms with van der Waals surface area (Å²) in [5.41, 5.74) is 12.0. The van der Waals surface area contributed by atoms with Gasteiger partial charge in [-0.15, -0.1) is 13.1 Å². The summed E-state index contributed by atoms with van der Waals surface area (Å²) in [7, 11) is 1.52. The van der Waals surface area contributed by atoms with Gasteiger partial charge >= 0.3 is 33.0 Å². The summed E-state index contributed by atoms with van der Waals surface area (Å²) < 4.78 is 4.67. The van der Waals surface area contributed by atoms with E-state index in [0.717, 1.165) is 0 Å². The Hall–Kier alpha value is -0.492. The molecule has 1 aliphatic carbocycles. The number of rotatable bonds is 5. The average Bonchev–Trinajstić information content (AvgIpc) is 2.18. The van der Waals surface area contributed by atoms with Crippen molar-refractivity contribution >= 4 is 11.9 Å². The number of carbonyl (C=O) groups is 2. The number of aliphatic carboxylic acids is 2. The molecule has 1 saturated carbocycles. The van der Waals surface area contributed by atoms with Gasteiger partial charge in [-0.3, -0.25) is 9.59 Å². The zero-order chi connectivity index (χ0) is 13.5. The van der Waals surface area contributed by atoms with Gasteiger partial charge in [0.2, 0.25) is 0 Å². The molecular formula is C10H18N2O5Pt. The topological polar surface area (TPSA) is 131 Å². The van der Waals surface area contributed by atoms with Crippen molar-refractivity contribution in [3.63, 3.8) is 0 Å². The van der Waals surface area contributed by atoms with E-state index >= 15 is 0 Å². The molecule has 0 aromatic carbocycles. The summed E-state index contributed by atoms with van der Waals surface area (Å²) in [5, 5.41) is 16.9. The molecule has 0 aromatic heterocycles. The summed E-state index contributed by atoms with van der Waals surface area (Å²) >= 11 is 0. The van der Waals surface area contributed by atoms with E-state index < -0.39 is 17.4 Å². The number of nitrogens with one attached hydrogen (secondary N) is 2. The Morgan fingerprint density at radius 3 is 1.61 bits per heavy atom. The van der Waals surface area contributed by atoms with Crippen molar-refractivity contribution in [2.24, 2.45) is 5.41 Å². The summed E-state index contributed by atoms with van der Waals surface area (Å²) in [4.78, 5) is 20.7. The van der Waals surface area contributed by atoms with E-state index in [-0.39, 0.29) is 53.1 Å². The predicted octanol–water partition coefficient (Wildman–Crippen LogP) is 1.43. The Morgan fingerprint density at radius 2 is 1.61 bits per heavy atom. The summed E-state index contributed by atoms with van der Waals surface area (Å²) in [6.45, 7) is 0.389. The maximum Gasteiger partial charge on any atom is 2.00 e. The number of hydrogen-bond donors (Lipinski definition) is 2. The Kier molecular flexibility index (Phi) is 10.4. The molecular weight excluding hydrogens is 423 g/mol. The maximum atomic E-state index is 10.4. The quantitative estimate of drug-likeness (QED) is 0.623. The SMILES string of the molecule is COC(C[NH-])C[NH-].O=C(O)C1(C(=O)O)CCC1.[Pt+2]. The normalized spacial score (nSPS) is 15.8. The van der Waals surface area contributed by atoms with Crippen molar-refractivity contribution in [2.75, 3.05) is 20.2 Å². The van der Waals surface area contributed by atoms with E-state index in [1.807, 2.05) is 0 Å². The first-order valence-electron chi connectivity index (χ1n) is 5.23. The zero-order valence-electron chi connectivity index (χ0n) is 10.0. The third kappa shape index (κ3) is 5.02. The van der Waals surface area contributed by atoms with Crippen LogP contribution in [0.2, 0.25) is 0 Å². The van der Waals surface area contributed by atoms with Crippen LogP contribution in [0.15, 0.2) is 0 Å². The van der Waals surface area contributed by atoms with Gasteiger partial charge in [-0.25, -0.2) is 0 Å². The van der Waals surface area contributed by atoms with Crippen molar-refractivity contribution in [2.45, 2.75) is 25.4 Å². The first-order chi connectivity index (χ1) is 7.94. The van der Waals surface area contributed by atoms with Crippen LogP contribution >= 0.6 is 0 Å². The molecule has 0 radical (unpaired) electrons. The molecule has 0 aliphatic heterocycles. The van der Waals surface area contributed by atoms with Crippen molar-refractivity contribution < 1.29 is 45.6 Å². The fourth-order valence-electron chi connectivity index (χ4n) is 1.29.